The lowest BCUT2D eigenvalue weighted by atomic mass is 10.1. The molecule has 1 aromatic heterocycles. The first-order valence-electron chi connectivity index (χ1n) is 13.0. The zero-order valence-electron chi connectivity index (χ0n) is 21.8. The summed E-state index contributed by atoms with van der Waals surface area (Å²) >= 11 is 1.82. The number of anilines is 1. The molecule has 2 aliphatic heterocycles. The number of hydrogen-bond donors (Lipinski definition) is 0. The van der Waals surface area contributed by atoms with E-state index in [0.717, 1.165) is 17.6 Å². The maximum Gasteiger partial charge on any atom is 0.416 e. The molecule has 41 heavy (non-hydrogen) atoms. The number of halogens is 3. The minimum atomic E-state index is -4.51. The average molecular weight is 602 g/mol. The smallest absolute Gasteiger partial charge is 0.416 e. The Bertz CT molecular complexity index is 1670. The summed E-state index contributed by atoms with van der Waals surface area (Å²) in [7, 11) is -4.11. The SMILES string of the molecule is O=S1(=O)c2c(cccc2N2CCSCC2)Oc2ccccc2CN1Cc1cn(Cc2ccccc2C(F)(F)F)nn1. The van der Waals surface area contributed by atoms with Gasteiger partial charge >= 0.3 is 6.18 Å². The van der Waals surface area contributed by atoms with Gasteiger partial charge in [0.15, 0.2) is 0 Å². The Labute approximate surface area is 239 Å². The minimum Gasteiger partial charge on any atom is -0.456 e. The molecule has 0 radical (unpaired) electrons. The Morgan fingerprint density at radius 2 is 1.63 bits per heavy atom. The van der Waals surface area contributed by atoms with Crippen molar-refractivity contribution in [2.75, 3.05) is 29.5 Å². The lowest BCUT2D eigenvalue weighted by Crippen LogP contribution is -2.36. The Hall–Kier alpha value is -3.55. The Balaban J connectivity index is 1.36. The summed E-state index contributed by atoms with van der Waals surface area (Å²) in [5.41, 5.74) is 0.859. The lowest BCUT2D eigenvalue weighted by Gasteiger charge is -2.33. The van der Waals surface area contributed by atoms with Crippen LogP contribution < -0.4 is 9.64 Å². The van der Waals surface area contributed by atoms with Gasteiger partial charge in [-0.3, -0.25) is 0 Å². The van der Waals surface area contributed by atoms with Crippen molar-refractivity contribution in [3.05, 3.63) is 95.3 Å². The lowest BCUT2D eigenvalue weighted by molar-refractivity contribution is -0.138. The van der Waals surface area contributed by atoms with E-state index in [-0.39, 0.29) is 35.8 Å². The molecular weight excluding hydrogens is 575 g/mol. The van der Waals surface area contributed by atoms with E-state index in [1.165, 1.54) is 33.4 Å². The third kappa shape index (κ3) is 5.66. The van der Waals surface area contributed by atoms with Crippen LogP contribution in [-0.4, -0.2) is 52.3 Å². The standard InChI is InChI=1S/C28H26F3N5O3S2/c29-28(30,31)23-8-3-1-6-20(23)16-35-18-22(32-33-35)19-36-17-21-7-2-4-10-25(21)39-26-11-5-9-24(27(26)41(36,37)38)34-12-14-40-15-13-34/h1-11,18H,12-17,19H2. The third-order valence-corrected chi connectivity index (χ3v) is 9.83. The van der Waals surface area contributed by atoms with Crippen molar-refractivity contribution in [3.63, 3.8) is 0 Å². The highest BCUT2D eigenvalue weighted by atomic mass is 32.2. The van der Waals surface area contributed by atoms with E-state index in [4.69, 9.17) is 4.74 Å². The molecule has 0 bridgehead atoms. The van der Waals surface area contributed by atoms with Gasteiger partial charge in [0.25, 0.3) is 0 Å². The highest BCUT2D eigenvalue weighted by molar-refractivity contribution is 7.99. The van der Waals surface area contributed by atoms with Gasteiger partial charge in [0, 0.05) is 36.7 Å². The number of thioether (sulfide) groups is 1. The van der Waals surface area contributed by atoms with E-state index < -0.39 is 21.8 Å². The maximum absolute atomic E-state index is 14.3. The van der Waals surface area contributed by atoms with Gasteiger partial charge in [-0.1, -0.05) is 47.7 Å². The second kappa shape index (κ2) is 11.0. The molecular formula is C28H26F3N5O3S2. The van der Waals surface area contributed by atoms with Crippen molar-refractivity contribution in [2.45, 2.75) is 30.7 Å². The zero-order chi connectivity index (χ0) is 28.6. The molecule has 0 spiro atoms. The first kappa shape index (κ1) is 27.6. The topological polar surface area (TPSA) is 80.6 Å². The highest BCUT2D eigenvalue weighted by Crippen LogP contribution is 2.42. The fourth-order valence-electron chi connectivity index (χ4n) is 5.07. The van der Waals surface area contributed by atoms with Crippen LogP contribution >= 0.6 is 11.8 Å². The number of sulfonamides is 1. The molecule has 1 fully saturated rings. The van der Waals surface area contributed by atoms with Crippen molar-refractivity contribution in [1.29, 1.82) is 0 Å². The number of alkyl halides is 3. The average Bonchev–Trinajstić information content (AvgIpc) is 3.40. The monoisotopic (exact) mass is 601 g/mol. The van der Waals surface area contributed by atoms with Crippen LogP contribution in [0.25, 0.3) is 0 Å². The molecule has 0 unspecified atom stereocenters. The first-order valence-corrected chi connectivity index (χ1v) is 15.6. The summed E-state index contributed by atoms with van der Waals surface area (Å²) in [5, 5.41) is 8.14. The number of rotatable bonds is 5. The van der Waals surface area contributed by atoms with E-state index in [2.05, 4.69) is 15.2 Å². The number of nitrogens with zero attached hydrogens (tertiary/aromatic N) is 5. The summed E-state index contributed by atoms with van der Waals surface area (Å²) in [6.07, 6.45) is -3.02. The van der Waals surface area contributed by atoms with Crippen LogP contribution in [0, 0.1) is 0 Å². The number of para-hydroxylation sites is 1. The van der Waals surface area contributed by atoms with E-state index in [0.29, 0.717) is 35.8 Å². The van der Waals surface area contributed by atoms with Crippen LogP contribution in [0.4, 0.5) is 18.9 Å². The fourth-order valence-corrected chi connectivity index (χ4v) is 7.67. The molecule has 13 heteroatoms. The quantitative estimate of drug-likeness (QED) is 0.303. The maximum atomic E-state index is 14.3. The Morgan fingerprint density at radius 3 is 2.44 bits per heavy atom. The number of fused-ring (bicyclic) bond motifs is 2. The van der Waals surface area contributed by atoms with Crippen LogP contribution in [-0.2, 0) is 35.8 Å². The predicted molar refractivity (Wildman–Crippen MR) is 149 cm³/mol. The normalized spacial score (nSPS) is 17.2. The zero-order valence-corrected chi connectivity index (χ0v) is 23.4. The molecule has 4 aromatic rings. The van der Waals surface area contributed by atoms with Crippen LogP contribution in [0.5, 0.6) is 11.5 Å². The van der Waals surface area contributed by atoms with Crippen molar-refractivity contribution >= 4 is 27.5 Å². The van der Waals surface area contributed by atoms with Crippen molar-refractivity contribution < 1.29 is 26.3 Å². The number of benzene rings is 3. The van der Waals surface area contributed by atoms with Crippen LogP contribution in [0.3, 0.4) is 0 Å². The number of aromatic nitrogens is 3. The van der Waals surface area contributed by atoms with Gasteiger partial charge in [-0.05, 0) is 29.8 Å². The van der Waals surface area contributed by atoms with Gasteiger partial charge in [0.1, 0.15) is 16.4 Å². The van der Waals surface area contributed by atoms with E-state index in [1.54, 1.807) is 30.3 Å². The minimum absolute atomic E-state index is 0.0197. The van der Waals surface area contributed by atoms with E-state index in [1.807, 2.05) is 23.9 Å². The molecule has 214 valence electrons. The second-order valence-electron chi connectivity index (χ2n) is 9.75. The summed E-state index contributed by atoms with van der Waals surface area (Å²) < 4.78 is 78.0. The number of ether oxygens (including phenoxy) is 1. The molecule has 0 atom stereocenters. The van der Waals surface area contributed by atoms with Crippen molar-refractivity contribution in [3.8, 4) is 11.5 Å². The molecule has 2 aliphatic rings. The largest absolute Gasteiger partial charge is 0.456 e. The summed E-state index contributed by atoms with van der Waals surface area (Å²) in [6, 6.07) is 17.8. The van der Waals surface area contributed by atoms with Crippen molar-refractivity contribution in [2.24, 2.45) is 0 Å². The first-order chi connectivity index (χ1) is 19.7. The summed E-state index contributed by atoms with van der Waals surface area (Å²) in [4.78, 5) is 2.16. The fraction of sp³-hybridized carbons (Fsp3) is 0.286. The Kier molecular flexibility index (Phi) is 7.43. The number of hydrogen-bond acceptors (Lipinski definition) is 7. The Morgan fingerprint density at radius 1 is 0.902 bits per heavy atom. The molecule has 0 amide bonds. The second-order valence-corrected chi connectivity index (χ2v) is 12.8. The van der Waals surface area contributed by atoms with Crippen LogP contribution in [0.2, 0.25) is 0 Å². The molecule has 6 rings (SSSR count). The van der Waals surface area contributed by atoms with Gasteiger partial charge in [0.05, 0.1) is 36.2 Å². The van der Waals surface area contributed by atoms with Crippen LogP contribution in [0.1, 0.15) is 22.4 Å². The molecule has 3 aromatic carbocycles. The van der Waals surface area contributed by atoms with Crippen molar-refractivity contribution in [1.82, 2.24) is 19.3 Å². The van der Waals surface area contributed by atoms with Gasteiger partial charge in [-0.25, -0.2) is 13.1 Å². The van der Waals surface area contributed by atoms with Gasteiger partial charge < -0.3 is 9.64 Å². The molecule has 0 aliphatic carbocycles. The molecule has 0 saturated carbocycles. The third-order valence-electron chi connectivity index (χ3n) is 7.03. The molecule has 8 nitrogen and oxygen atoms in total. The van der Waals surface area contributed by atoms with E-state index in [9.17, 15) is 21.6 Å². The predicted octanol–water partition coefficient (Wildman–Crippen LogP) is 5.40. The summed E-state index contributed by atoms with van der Waals surface area (Å²) in [6.45, 7) is 1.15. The van der Waals surface area contributed by atoms with E-state index >= 15 is 0 Å². The molecule has 3 heterocycles. The highest BCUT2D eigenvalue weighted by Gasteiger charge is 2.36. The van der Waals surface area contributed by atoms with Gasteiger partial charge in [-0.2, -0.15) is 29.2 Å². The molecule has 0 N–H and O–H groups in total. The van der Waals surface area contributed by atoms with Crippen LogP contribution in [0.15, 0.2) is 77.8 Å². The van der Waals surface area contributed by atoms with Gasteiger partial charge in [0.2, 0.25) is 10.0 Å². The molecule has 1 saturated heterocycles. The summed E-state index contributed by atoms with van der Waals surface area (Å²) in [5.74, 6) is 2.56. The van der Waals surface area contributed by atoms with Gasteiger partial charge in [-0.15, -0.1) is 5.10 Å².